The lowest BCUT2D eigenvalue weighted by atomic mass is 9.83. The molecular formula is C24H28N6O2. The molecule has 5 rings (SSSR count). The lowest BCUT2D eigenvalue weighted by Crippen LogP contribution is -2.49. The molecule has 4 heterocycles. The van der Waals surface area contributed by atoms with Gasteiger partial charge in [-0.05, 0) is 62.4 Å². The fourth-order valence-electron chi connectivity index (χ4n) is 4.87. The summed E-state index contributed by atoms with van der Waals surface area (Å²) in [6, 6.07) is 9.90. The van der Waals surface area contributed by atoms with E-state index in [1.165, 1.54) is 0 Å². The van der Waals surface area contributed by atoms with E-state index in [1.54, 1.807) is 0 Å². The summed E-state index contributed by atoms with van der Waals surface area (Å²) in [7, 11) is 0. The molecule has 166 valence electrons. The summed E-state index contributed by atoms with van der Waals surface area (Å²) < 4.78 is 8.19. The van der Waals surface area contributed by atoms with Crippen LogP contribution in [0.5, 0.6) is 0 Å². The molecule has 2 N–H and O–H groups in total. The first kappa shape index (κ1) is 20.6. The Hall–Kier alpha value is -3.26. The Labute approximate surface area is 187 Å². The van der Waals surface area contributed by atoms with E-state index >= 15 is 0 Å². The van der Waals surface area contributed by atoms with Crippen molar-refractivity contribution in [3.8, 4) is 0 Å². The van der Waals surface area contributed by atoms with Gasteiger partial charge >= 0.3 is 0 Å². The van der Waals surface area contributed by atoms with Crippen LogP contribution in [0.15, 0.2) is 36.5 Å². The van der Waals surface area contributed by atoms with Gasteiger partial charge in [-0.3, -0.25) is 9.48 Å². The number of likely N-dealkylation sites (tertiary alicyclic amines) is 1. The summed E-state index contributed by atoms with van der Waals surface area (Å²) in [6.07, 6.45) is 4.01. The second-order valence-electron chi connectivity index (χ2n) is 8.77. The average Bonchev–Trinajstić information content (AvgIpc) is 3.11. The highest BCUT2D eigenvalue weighted by molar-refractivity contribution is 5.94. The summed E-state index contributed by atoms with van der Waals surface area (Å²) in [5.41, 5.74) is 11.3. The van der Waals surface area contributed by atoms with Crippen molar-refractivity contribution in [1.29, 1.82) is 0 Å². The molecule has 8 heteroatoms. The number of piperidine rings is 1. The van der Waals surface area contributed by atoms with Crippen molar-refractivity contribution in [2.75, 3.05) is 25.4 Å². The van der Waals surface area contributed by atoms with Crippen molar-refractivity contribution in [1.82, 2.24) is 24.6 Å². The highest BCUT2D eigenvalue weighted by atomic mass is 16.5. The molecule has 0 unspecified atom stereocenters. The Morgan fingerprint density at radius 3 is 2.78 bits per heavy atom. The Morgan fingerprint density at radius 1 is 1.22 bits per heavy atom. The van der Waals surface area contributed by atoms with Crippen LogP contribution < -0.4 is 5.73 Å². The summed E-state index contributed by atoms with van der Waals surface area (Å²) in [6.45, 7) is 6.55. The van der Waals surface area contributed by atoms with E-state index in [0.717, 1.165) is 34.6 Å². The lowest BCUT2D eigenvalue weighted by molar-refractivity contribution is -0.0966. The third-order valence-corrected chi connectivity index (χ3v) is 6.53. The van der Waals surface area contributed by atoms with E-state index in [4.69, 9.17) is 10.5 Å². The standard InChI is InChI=1S/C24H28N6O2/c1-16-12-17(2)30(28-16)15-18-4-3-5-19(13-18)22(31)29-9-7-24(8-10-29)21-20(6-11-32-24)14-26-23(25)27-21/h3-5,12-14H,6-11,15H2,1-2H3,(H2,25,26,27). The molecule has 1 aromatic carbocycles. The number of fused-ring (bicyclic) bond motifs is 2. The molecule has 0 saturated carbocycles. The van der Waals surface area contributed by atoms with Gasteiger partial charge in [0.05, 0.1) is 24.5 Å². The SMILES string of the molecule is Cc1cc(C)n(Cc2cccc(C(=O)N3CCC4(CC3)OCCc3cnc(N)nc34)c2)n1. The maximum absolute atomic E-state index is 13.3. The Bertz CT molecular complexity index is 1160. The number of ether oxygens (including phenoxy) is 1. The fraction of sp³-hybridized carbons (Fsp3) is 0.417. The predicted octanol–water partition coefficient (Wildman–Crippen LogP) is 2.62. The minimum atomic E-state index is -0.473. The predicted molar refractivity (Wildman–Crippen MR) is 120 cm³/mol. The van der Waals surface area contributed by atoms with Gasteiger partial charge < -0.3 is 15.4 Å². The van der Waals surface area contributed by atoms with Gasteiger partial charge in [-0.1, -0.05) is 12.1 Å². The zero-order valence-corrected chi connectivity index (χ0v) is 18.5. The molecule has 1 saturated heterocycles. The first-order valence-corrected chi connectivity index (χ1v) is 11.1. The minimum Gasteiger partial charge on any atom is -0.368 e. The molecule has 2 aromatic heterocycles. The second-order valence-corrected chi connectivity index (χ2v) is 8.77. The lowest BCUT2D eigenvalue weighted by Gasteiger charge is -2.44. The number of anilines is 1. The van der Waals surface area contributed by atoms with Crippen LogP contribution in [0.25, 0.3) is 0 Å². The average molecular weight is 433 g/mol. The van der Waals surface area contributed by atoms with Crippen LogP contribution in [0.1, 0.15) is 51.4 Å². The fourth-order valence-corrected chi connectivity index (χ4v) is 4.87. The van der Waals surface area contributed by atoms with Gasteiger partial charge in [0.1, 0.15) is 5.60 Å². The maximum atomic E-state index is 13.3. The number of aromatic nitrogens is 4. The van der Waals surface area contributed by atoms with E-state index in [9.17, 15) is 4.79 Å². The van der Waals surface area contributed by atoms with Gasteiger partial charge in [0, 0.05) is 30.5 Å². The molecule has 2 aliphatic heterocycles. The van der Waals surface area contributed by atoms with Gasteiger partial charge in [-0.2, -0.15) is 5.10 Å². The molecule has 32 heavy (non-hydrogen) atoms. The van der Waals surface area contributed by atoms with Crippen molar-refractivity contribution in [2.45, 2.75) is 45.3 Å². The highest BCUT2D eigenvalue weighted by Crippen LogP contribution is 2.40. The van der Waals surface area contributed by atoms with Crippen LogP contribution in [-0.2, 0) is 23.3 Å². The minimum absolute atomic E-state index is 0.0494. The first-order chi connectivity index (χ1) is 15.4. The van der Waals surface area contributed by atoms with Crippen molar-refractivity contribution in [2.24, 2.45) is 0 Å². The monoisotopic (exact) mass is 432 g/mol. The zero-order valence-electron chi connectivity index (χ0n) is 18.5. The number of nitrogens with two attached hydrogens (primary N) is 1. The van der Waals surface area contributed by atoms with Crippen molar-refractivity contribution in [3.05, 3.63) is 70.3 Å². The van der Waals surface area contributed by atoms with E-state index in [0.29, 0.717) is 44.6 Å². The normalized spacial score (nSPS) is 17.4. The topological polar surface area (TPSA) is 99.2 Å². The van der Waals surface area contributed by atoms with Crippen LogP contribution >= 0.6 is 0 Å². The number of carbonyl (C=O) groups is 1. The number of hydrogen-bond acceptors (Lipinski definition) is 6. The van der Waals surface area contributed by atoms with E-state index in [2.05, 4.69) is 21.1 Å². The number of aryl methyl sites for hydroxylation is 2. The van der Waals surface area contributed by atoms with E-state index in [1.807, 2.05) is 53.9 Å². The molecule has 1 amide bonds. The van der Waals surface area contributed by atoms with E-state index in [-0.39, 0.29) is 11.9 Å². The number of hydrogen-bond donors (Lipinski definition) is 1. The number of amides is 1. The molecule has 0 atom stereocenters. The second kappa shape index (κ2) is 8.02. The molecule has 2 aliphatic rings. The maximum Gasteiger partial charge on any atom is 0.253 e. The summed E-state index contributed by atoms with van der Waals surface area (Å²) in [5.74, 6) is 0.319. The van der Waals surface area contributed by atoms with Crippen LogP contribution in [0.2, 0.25) is 0 Å². The molecular weight excluding hydrogens is 404 g/mol. The van der Waals surface area contributed by atoms with Gasteiger partial charge in [0.2, 0.25) is 5.95 Å². The number of rotatable bonds is 3. The third-order valence-electron chi connectivity index (χ3n) is 6.53. The third kappa shape index (κ3) is 3.75. The van der Waals surface area contributed by atoms with Crippen molar-refractivity contribution >= 4 is 11.9 Å². The quantitative estimate of drug-likeness (QED) is 0.683. The highest BCUT2D eigenvalue weighted by Gasteiger charge is 2.43. The molecule has 0 radical (unpaired) electrons. The molecule has 8 nitrogen and oxygen atoms in total. The molecule has 1 fully saturated rings. The number of nitrogen functional groups attached to an aromatic ring is 1. The summed E-state index contributed by atoms with van der Waals surface area (Å²) >= 11 is 0. The van der Waals surface area contributed by atoms with E-state index < -0.39 is 5.60 Å². The Morgan fingerprint density at radius 2 is 2.03 bits per heavy atom. The largest absolute Gasteiger partial charge is 0.368 e. The Kier molecular flexibility index (Phi) is 5.17. The Balaban J connectivity index is 1.31. The van der Waals surface area contributed by atoms with Gasteiger partial charge in [0.25, 0.3) is 5.91 Å². The van der Waals surface area contributed by atoms with Crippen molar-refractivity contribution in [3.63, 3.8) is 0 Å². The zero-order chi connectivity index (χ0) is 22.3. The number of carbonyl (C=O) groups excluding carboxylic acids is 1. The van der Waals surface area contributed by atoms with Crippen LogP contribution in [-0.4, -0.2) is 50.3 Å². The van der Waals surface area contributed by atoms with Gasteiger partial charge in [-0.25, -0.2) is 9.97 Å². The van der Waals surface area contributed by atoms with Crippen LogP contribution in [0.4, 0.5) is 5.95 Å². The first-order valence-electron chi connectivity index (χ1n) is 11.1. The number of benzene rings is 1. The van der Waals surface area contributed by atoms with Gasteiger partial charge in [0.15, 0.2) is 0 Å². The van der Waals surface area contributed by atoms with Crippen LogP contribution in [0, 0.1) is 13.8 Å². The van der Waals surface area contributed by atoms with Crippen molar-refractivity contribution < 1.29 is 9.53 Å². The van der Waals surface area contributed by atoms with Gasteiger partial charge in [-0.15, -0.1) is 0 Å². The summed E-state index contributed by atoms with van der Waals surface area (Å²) in [4.78, 5) is 23.8. The molecule has 3 aromatic rings. The molecule has 0 aliphatic carbocycles. The summed E-state index contributed by atoms with van der Waals surface area (Å²) in [5, 5.41) is 4.53. The number of nitrogens with zero attached hydrogens (tertiary/aromatic N) is 5. The molecule has 1 spiro atoms. The smallest absolute Gasteiger partial charge is 0.253 e. The molecule has 0 bridgehead atoms. The van der Waals surface area contributed by atoms with Crippen LogP contribution in [0.3, 0.4) is 0 Å².